The van der Waals surface area contributed by atoms with Gasteiger partial charge in [0.15, 0.2) is 0 Å². The molecule has 0 aromatic heterocycles. The molecule has 0 bridgehead atoms. The Morgan fingerprint density at radius 1 is 0.967 bits per heavy atom. The van der Waals surface area contributed by atoms with Crippen LogP contribution in [0.3, 0.4) is 0 Å². The highest BCUT2D eigenvalue weighted by atomic mass is 19.1. The fraction of sp³-hybridized carbons (Fsp3) is 0.208. The highest BCUT2D eigenvalue weighted by Crippen LogP contribution is 2.30. The topological polar surface area (TPSA) is 63.7 Å². The lowest BCUT2D eigenvalue weighted by Crippen LogP contribution is -2.41. The summed E-state index contributed by atoms with van der Waals surface area (Å²) < 4.78 is 18.4. The van der Waals surface area contributed by atoms with Gasteiger partial charge in [0.25, 0.3) is 11.8 Å². The molecule has 1 aliphatic rings. The van der Waals surface area contributed by atoms with Crippen LogP contribution in [-0.4, -0.2) is 29.2 Å². The Hall–Kier alpha value is -3.54. The first-order valence-electron chi connectivity index (χ1n) is 9.78. The van der Waals surface area contributed by atoms with Crippen molar-refractivity contribution in [3.63, 3.8) is 0 Å². The van der Waals surface area contributed by atoms with Crippen LogP contribution < -0.4 is 0 Å². The molecule has 152 valence electrons. The third kappa shape index (κ3) is 3.68. The van der Waals surface area contributed by atoms with E-state index in [1.165, 1.54) is 17.0 Å². The van der Waals surface area contributed by atoms with E-state index in [2.05, 4.69) is 0 Å². The third-order valence-corrected chi connectivity index (χ3v) is 5.27. The van der Waals surface area contributed by atoms with Gasteiger partial charge in [0.2, 0.25) is 0 Å². The van der Waals surface area contributed by atoms with Crippen molar-refractivity contribution in [3.8, 4) is 0 Å². The molecule has 1 heterocycles. The Bertz CT molecular complexity index is 1090. The standard InChI is InChI=1S/C24H20FNO4/c1-15(16-10-12-18(25)13-11-16)30-21(27)9-4-14-26-23(28)19-7-2-5-17-6-3-8-20(22(17)19)24(26)29/h2-3,5-8,10-13,15H,4,9,14H2,1H3/t15-/m1/s1. The molecule has 0 saturated heterocycles. The molecular weight excluding hydrogens is 385 g/mol. The molecule has 3 aromatic carbocycles. The summed E-state index contributed by atoms with van der Waals surface area (Å²) in [6, 6.07) is 16.5. The third-order valence-electron chi connectivity index (χ3n) is 5.27. The van der Waals surface area contributed by atoms with E-state index in [0.717, 1.165) is 5.39 Å². The number of benzene rings is 3. The van der Waals surface area contributed by atoms with Crippen molar-refractivity contribution >= 4 is 28.6 Å². The van der Waals surface area contributed by atoms with Gasteiger partial charge in [0.05, 0.1) is 0 Å². The molecule has 1 aliphatic heterocycles. The SMILES string of the molecule is C[C@@H](OC(=O)CCCN1C(=O)c2cccc3cccc(c23)C1=O)c1ccc(F)cc1. The molecule has 30 heavy (non-hydrogen) atoms. The van der Waals surface area contributed by atoms with Crippen molar-refractivity contribution in [2.75, 3.05) is 6.54 Å². The van der Waals surface area contributed by atoms with Crippen LogP contribution in [0, 0.1) is 5.82 Å². The predicted octanol–water partition coefficient (Wildman–Crippen LogP) is 4.66. The van der Waals surface area contributed by atoms with Crippen LogP contribution in [0.25, 0.3) is 10.8 Å². The fourth-order valence-electron chi connectivity index (χ4n) is 3.72. The van der Waals surface area contributed by atoms with E-state index in [-0.39, 0.29) is 30.6 Å². The number of halogens is 1. The molecule has 0 spiro atoms. The molecule has 1 atom stereocenters. The van der Waals surface area contributed by atoms with Gasteiger partial charge in [-0.05, 0) is 48.6 Å². The second-order valence-corrected chi connectivity index (χ2v) is 7.26. The zero-order valence-electron chi connectivity index (χ0n) is 16.4. The molecule has 5 nitrogen and oxygen atoms in total. The van der Waals surface area contributed by atoms with Crippen molar-refractivity contribution in [2.45, 2.75) is 25.9 Å². The molecule has 6 heteroatoms. The van der Waals surface area contributed by atoms with Crippen molar-refractivity contribution in [1.29, 1.82) is 0 Å². The number of nitrogens with zero attached hydrogens (tertiary/aromatic N) is 1. The summed E-state index contributed by atoms with van der Waals surface area (Å²) in [6.45, 7) is 1.84. The molecule has 4 rings (SSSR count). The minimum atomic E-state index is -0.513. The molecule has 0 N–H and O–H groups in total. The number of imide groups is 1. The van der Waals surface area contributed by atoms with E-state index in [9.17, 15) is 18.8 Å². The van der Waals surface area contributed by atoms with Crippen molar-refractivity contribution in [1.82, 2.24) is 4.90 Å². The lowest BCUT2D eigenvalue weighted by molar-refractivity contribution is -0.148. The van der Waals surface area contributed by atoms with Gasteiger partial charge in [-0.25, -0.2) is 4.39 Å². The number of hydrogen-bond donors (Lipinski definition) is 0. The monoisotopic (exact) mass is 405 g/mol. The van der Waals surface area contributed by atoms with Crippen molar-refractivity contribution in [2.24, 2.45) is 0 Å². The van der Waals surface area contributed by atoms with E-state index >= 15 is 0 Å². The predicted molar refractivity (Wildman–Crippen MR) is 109 cm³/mol. The number of carbonyl (C=O) groups excluding carboxylic acids is 3. The Morgan fingerprint density at radius 2 is 1.57 bits per heavy atom. The van der Waals surface area contributed by atoms with Crippen LogP contribution >= 0.6 is 0 Å². The average molecular weight is 405 g/mol. The highest BCUT2D eigenvalue weighted by Gasteiger charge is 2.32. The fourth-order valence-corrected chi connectivity index (χ4v) is 3.72. The second kappa shape index (κ2) is 8.06. The van der Waals surface area contributed by atoms with Gasteiger partial charge >= 0.3 is 5.97 Å². The van der Waals surface area contributed by atoms with Crippen LogP contribution in [0.5, 0.6) is 0 Å². The summed E-state index contributed by atoms with van der Waals surface area (Å²) in [7, 11) is 0. The van der Waals surface area contributed by atoms with E-state index in [4.69, 9.17) is 4.74 Å². The van der Waals surface area contributed by atoms with E-state index in [1.807, 2.05) is 12.1 Å². The first-order chi connectivity index (χ1) is 14.5. The average Bonchev–Trinajstić information content (AvgIpc) is 2.74. The molecule has 0 fully saturated rings. The lowest BCUT2D eigenvalue weighted by Gasteiger charge is -2.27. The Kier molecular flexibility index (Phi) is 5.31. The Labute approximate surface area is 173 Å². The van der Waals surface area contributed by atoms with Gasteiger partial charge in [-0.15, -0.1) is 0 Å². The number of esters is 1. The van der Waals surface area contributed by atoms with Gasteiger partial charge in [-0.1, -0.05) is 36.4 Å². The van der Waals surface area contributed by atoms with Gasteiger partial charge in [-0.3, -0.25) is 19.3 Å². The first kappa shape index (κ1) is 19.8. The van der Waals surface area contributed by atoms with E-state index < -0.39 is 12.1 Å². The molecule has 0 saturated carbocycles. The normalized spacial score (nSPS) is 14.1. The number of ether oxygens (including phenoxy) is 1. The summed E-state index contributed by atoms with van der Waals surface area (Å²) in [5.41, 5.74) is 1.68. The van der Waals surface area contributed by atoms with Crippen LogP contribution in [0.2, 0.25) is 0 Å². The number of amides is 2. The number of hydrogen-bond acceptors (Lipinski definition) is 4. The molecule has 0 radical (unpaired) electrons. The minimum Gasteiger partial charge on any atom is -0.458 e. The molecular formula is C24H20FNO4. The molecule has 0 aliphatic carbocycles. The van der Waals surface area contributed by atoms with E-state index in [1.54, 1.807) is 43.3 Å². The smallest absolute Gasteiger partial charge is 0.306 e. The minimum absolute atomic E-state index is 0.0639. The van der Waals surface area contributed by atoms with E-state index in [0.29, 0.717) is 28.5 Å². The number of rotatable bonds is 6. The van der Waals surface area contributed by atoms with Gasteiger partial charge in [-0.2, -0.15) is 0 Å². The zero-order valence-corrected chi connectivity index (χ0v) is 16.4. The van der Waals surface area contributed by atoms with Gasteiger partial charge < -0.3 is 4.74 Å². The second-order valence-electron chi connectivity index (χ2n) is 7.26. The lowest BCUT2D eigenvalue weighted by atomic mass is 9.94. The van der Waals surface area contributed by atoms with Crippen LogP contribution in [0.15, 0.2) is 60.7 Å². The Morgan fingerprint density at radius 3 is 2.17 bits per heavy atom. The van der Waals surface area contributed by atoms with Crippen molar-refractivity contribution < 1.29 is 23.5 Å². The number of carbonyl (C=O) groups is 3. The molecule has 3 aromatic rings. The summed E-state index contributed by atoms with van der Waals surface area (Å²) in [6.07, 6.45) is -0.153. The van der Waals surface area contributed by atoms with Gasteiger partial charge in [0.1, 0.15) is 11.9 Å². The quantitative estimate of drug-likeness (QED) is 0.442. The van der Waals surface area contributed by atoms with Crippen LogP contribution in [0.1, 0.15) is 52.1 Å². The zero-order chi connectivity index (χ0) is 21.3. The summed E-state index contributed by atoms with van der Waals surface area (Å²) >= 11 is 0. The van der Waals surface area contributed by atoms with Crippen LogP contribution in [-0.2, 0) is 9.53 Å². The van der Waals surface area contributed by atoms with Crippen LogP contribution in [0.4, 0.5) is 4.39 Å². The first-order valence-corrected chi connectivity index (χ1v) is 9.78. The maximum absolute atomic E-state index is 13.0. The summed E-state index contributed by atoms with van der Waals surface area (Å²) in [5.74, 6) is -1.49. The summed E-state index contributed by atoms with van der Waals surface area (Å²) in [5, 5.41) is 1.53. The molecule has 0 unspecified atom stereocenters. The highest BCUT2D eigenvalue weighted by molar-refractivity contribution is 6.25. The molecule has 2 amide bonds. The maximum Gasteiger partial charge on any atom is 0.306 e. The van der Waals surface area contributed by atoms with Gasteiger partial charge in [0, 0.05) is 29.5 Å². The largest absolute Gasteiger partial charge is 0.458 e. The van der Waals surface area contributed by atoms with Crippen molar-refractivity contribution in [3.05, 3.63) is 83.2 Å². The summed E-state index contributed by atoms with van der Waals surface area (Å²) in [4.78, 5) is 39.0. The Balaban J connectivity index is 1.38. The maximum atomic E-state index is 13.0.